The highest BCUT2D eigenvalue weighted by molar-refractivity contribution is 5.99. The van der Waals surface area contributed by atoms with Gasteiger partial charge >= 0.3 is 0 Å². The lowest BCUT2D eigenvalue weighted by molar-refractivity contribution is 0.416. The molecule has 0 aliphatic rings. The molecule has 0 aliphatic carbocycles. The Kier molecular flexibility index (Phi) is 4.70. The van der Waals surface area contributed by atoms with Gasteiger partial charge in [0.05, 0.1) is 24.0 Å². The van der Waals surface area contributed by atoms with Crippen molar-refractivity contribution in [2.75, 3.05) is 7.11 Å². The van der Waals surface area contributed by atoms with Crippen LogP contribution in [-0.2, 0) is 0 Å². The number of pyridine rings is 2. The Morgan fingerprint density at radius 3 is 2.03 bits per heavy atom. The number of hydrogen-bond acceptors (Lipinski definition) is 3. The maximum absolute atomic E-state index is 5.60. The van der Waals surface area contributed by atoms with E-state index in [9.17, 15) is 0 Å². The monoisotopic (exact) mass is 388 g/mol. The van der Waals surface area contributed by atoms with Crippen LogP contribution < -0.4 is 4.74 Å². The van der Waals surface area contributed by atoms with E-state index >= 15 is 0 Å². The number of rotatable bonds is 4. The van der Waals surface area contributed by atoms with Crippen molar-refractivity contribution in [3.05, 3.63) is 103 Å². The molecule has 0 saturated carbocycles. The Morgan fingerprint density at radius 2 is 1.30 bits per heavy atom. The Bertz CT molecular complexity index is 1320. The van der Waals surface area contributed by atoms with Crippen LogP contribution in [-0.4, -0.2) is 17.1 Å². The van der Waals surface area contributed by atoms with Crippen molar-refractivity contribution >= 4 is 10.9 Å². The van der Waals surface area contributed by atoms with Crippen LogP contribution in [0.4, 0.5) is 0 Å². The van der Waals surface area contributed by atoms with E-state index in [2.05, 4.69) is 42.5 Å². The summed E-state index contributed by atoms with van der Waals surface area (Å²) in [5.41, 5.74) is 7.00. The summed E-state index contributed by atoms with van der Waals surface area (Å²) in [6.07, 6.45) is 1.81. The third-order valence-corrected chi connectivity index (χ3v) is 5.24. The van der Waals surface area contributed by atoms with Gasteiger partial charge in [0.2, 0.25) is 0 Å². The lowest BCUT2D eigenvalue weighted by Crippen LogP contribution is -1.95. The minimum Gasteiger partial charge on any atom is -0.496 e. The van der Waals surface area contributed by atoms with E-state index in [1.54, 1.807) is 7.11 Å². The largest absolute Gasteiger partial charge is 0.496 e. The Morgan fingerprint density at radius 1 is 0.633 bits per heavy atom. The molecule has 2 heterocycles. The van der Waals surface area contributed by atoms with Crippen LogP contribution in [0.2, 0.25) is 0 Å². The fourth-order valence-corrected chi connectivity index (χ4v) is 3.80. The predicted octanol–water partition coefficient (Wildman–Crippen LogP) is 6.64. The van der Waals surface area contributed by atoms with Gasteiger partial charge in [0.25, 0.3) is 0 Å². The molecule has 5 rings (SSSR count). The molecule has 0 amide bonds. The summed E-state index contributed by atoms with van der Waals surface area (Å²) in [6.45, 7) is 0. The number of fused-ring (bicyclic) bond motifs is 1. The molecule has 0 aliphatic heterocycles. The van der Waals surface area contributed by atoms with Crippen LogP contribution in [0, 0.1) is 0 Å². The number of nitrogens with zero attached hydrogens (tertiary/aromatic N) is 2. The van der Waals surface area contributed by atoms with E-state index in [0.717, 1.165) is 50.3 Å². The first-order valence-corrected chi connectivity index (χ1v) is 9.89. The first-order chi connectivity index (χ1) is 14.8. The minimum atomic E-state index is 0.797. The zero-order chi connectivity index (χ0) is 20.3. The average molecular weight is 388 g/mol. The van der Waals surface area contributed by atoms with Crippen molar-refractivity contribution in [3.8, 4) is 39.4 Å². The summed E-state index contributed by atoms with van der Waals surface area (Å²) in [5, 5.41) is 1.00. The molecule has 144 valence electrons. The lowest BCUT2D eigenvalue weighted by atomic mass is 9.96. The van der Waals surface area contributed by atoms with Crippen LogP contribution in [0.1, 0.15) is 0 Å². The first kappa shape index (κ1) is 18.1. The summed E-state index contributed by atoms with van der Waals surface area (Å²) >= 11 is 0. The molecule has 3 aromatic carbocycles. The summed E-state index contributed by atoms with van der Waals surface area (Å²) < 4.78 is 5.60. The van der Waals surface area contributed by atoms with E-state index in [4.69, 9.17) is 14.7 Å². The third kappa shape index (κ3) is 3.20. The van der Waals surface area contributed by atoms with Gasteiger partial charge in [-0.05, 0) is 29.8 Å². The van der Waals surface area contributed by atoms with E-state index in [1.807, 2.05) is 60.8 Å². The molecule has 0 saturated heterocycles. The van der Waals surface area contributed by atoms with Gasteiger partial charge in [0, 0.05) is 28.3 Å². The minimum absolute atomic E-state index is 0.797. The molecule has 5 aromatic rings. The van der Waals surface area contributed by atoms with Crippen LogP contribution >= 0.6 is 0 Å². The molecule has 30 heavy (non-hydrogen) atoms. The van der Waals surface area contributed by atoms with E-state index < -0.39 is 0 Å². The number of ether oxygens (including phenoxy) is 1. The molecule has 0 fully saturated rings. The summed E-state index contributed by atoms with van der Waals surface area (Å²) in [5.74, 6) is 0.797. The van der Waals surface area contributed by atoms with Gasteiger partial charge in [-0.15, -0.1) is 0 Å². The highest BCUT2D eigenvalue weighted by atomic mass is 16.5. The molecule has 3 heteroatoms. The SMILES string of the molecule is COc1ccccc1-c1nccc2nc(-c3ccccc3)c(-c3ccccc3)cc12. The summed E-state index contributed by atoms with van der Waals surface area (Å²) in [4.78, 5) is 9.79. The van der Waals surface area contributed by atoms with Gasteiger partial charge in [0.1, 0.15) is 5.75 Å². The zero-order valence-corrected chi connectivity index (χ0v) is 16.6. The van der Waals surface area contributed by atoms with Crippen LogP contribution in [0.5, 0.6) is 5.75 Å². The standard InChI is InChI=1S/C27H20N2O/c1-30-25-15-9-8-14-21(25)27-23-18-22(19-10-4-2-5-11-19)26(20-12-6-3-7-13-20)29-24(23)16-17-28-27/h2-18H,1H3. The van der Waals surface area contributed by atoms with Gasteiger partial charge in [-0.1, -0.05) is 72.8 Å². The van der Waals surface area contributed by atoms with E-state index in [-0.39, 0.29) is 0 Å². The molecular formula is C27H20N2O. The van der Waals surface area contributed by atoms with Crippen molar-refractivity contribution in [2.45, 2.75) is 0 Å². The number of benzene rings is 3. The van der Waals surface area contributed by atoms with Gasteiger partial charge in [0.15, 0.2) is 0 Å². The molecule has 2 aromatic heterocycles. The Hall–Kier alpha value is -3.98. The van der Waals surface area contributed by atoms with Crippen molar-refractivity contribution in [1.82, 2.24) is 9.97 Å². The van der Waals surface area contributed by atoms with Crippen LogP contribution in [0.3, 0.4) is 0 Å². The molecule has 0 unspecified atom stereocenters. The van der Waals surface area contributed by atoms with Crippen molar-refractivity contribution in [1.29, 1.82) is 0 Å². The third-order valence-electron chi connectivity index (χ3n) is 5.24. The fourth-order valence-electron chi connectivity index (χ4n) is 3.80. The van der Waals surface area contributed by atoms with Gasteiger partial charge < -0.3 is 4.74 Å². The van der Waals surface area contributed by atoms with Gasteiger partial charge in [-0.3, -0.25) is 4.98 Å². The molecule has 0 N–H and O–H groups in total. The number of para-hydroxylation sites is 1. The maximum Gasteiger partial charge on any atom is 0.128 e. The van der Waals surface area contributed by atoms with E-state index in [0.29, 0.717) is 0 Å². The summed E-state index contributed by atoms with van der Waals surface area (Å²) in [7, 11) is 1.69. The maximum atomic E-state index is 5.60. The molecule has 0 bridgehead atoms. The molecule has 0 spiro atoms. The second kappa shape index (κ2) is 7.80. The topological polar surface area (TPSA) is 35.0 Å². The van der Waals surface area contributed by atoms with Crippen molar-refractivity contribution < 1.29 is 4.74 Å². The second-order valence-corrected chi connectivity index (χ2v) is 7.04. The molecule has 0 radical (unpaired) electrons. The summed E-state index contributed by atoms with van der Waals surface area (Å²) in [6, 6.07) is 32.8. The predicted molar refractivity (Wildman–Crippen MR) is 122 cm³/mol. The smallest absolute Gasteiger partial charge is 0.128 e. The second-order valence-electron chi connectivity index (χ2n) is 7.04. The quantitative estimate of drug-likeness (QED) is 0.346. The van der Waals surface area contributed by atoms with Crippen LogP contribution in [0.15, 0.2) is 103 Å². The lowest BCUT2D eigenvalue weighted by Gasteiger charge is -2.14. The normalized spacial score (nSPS) is 10.8. The molecule has 3 nitrogen and oxygen atoms in total. The Balaban J connectivity index is 1.83. The Labute approximate surface area is 175 Å². The van der Waals surface area contributed by atoms with Crippen LogP contribution in [0.25, 0.3) is 44.5 Å². The number of aromatic nitrogens is 2. The fraction of sp³-hybridized carbons (Fsp3) is 0.0370. The van der Waals surface area contributed by atoms with Gasteiger partial charge in [-0.2, -0.15) is 0 Å². The van der Waals surface area contributed by atoms with Crippen molar-refractivity contribution in [3.63, 3.8) is 0 Å². The number of hydrogen-bond donors (Lipinski definition) is 0. The number of methoxy groups -OCH3 is 1. The van der Waals surface area contributed by atoms with Gasteiger partial charge in [-0.25, -0.2) is 4.98 Å². The highest BCUT2D eigenvalue weighted by Gasteiger charge is 2.16. The molecule has 0 atom stereocenters. The van der Waals surface area contributed by atoms with E-state index in [1.165, 1.54) is 0 Å². The first-order valence-electron chi connectivity index (χ1n) is 9.89. The van der Waals surface area contributed by atoms with Crippen molar-refractivity contribution in [2.24, 2.45) is 0 Å². The highest BCUT2D eigenvalue weighted by Crippen LogP contribution is 2.38. The molecular weight excluding hydrogens is 368 g/mol. The average Bonchev–Trinajstić information content (AvgIpc) is 2.84. The zero-order valence-electron chi connectivity index (χ0n) is 16.6.